The molecular weight excluding hydrogens is 280 g/mol. The summed E-state index contributed by atoms with van der Waals surface area (Å²) in [5.41, 5.74) is 7.62. The van der Waals surface area contributed by atoms with E-state index in [0.29, 0.717) is 11.1 Å². The first kappa shape index (κ1) is 16.6. The molecule has 0 heterocycles. The molecular formula is C13H20N2O4S. The van der Waals surface area contributed by atoms with E-state index >= 15 is 0 Å². The van der Waals surface area contributed by atoms with Gasteiger partial charge < -0.3 is 10.5 Å². The first-order valence-electron chi connectivity index (χ1n) is 6.11. The van der Waals surface area contributed by atoms with E-state index in [2.05, 4.69) is 9.46 Å². The molecule has 6 nitrogen and oxygen atoms in total. The number of nitrogens with two attached hydrogens (primary N) is 1. The average molecular weight is 300 g/mol. The molecule has 1 aromatic carbocycles. The van der Waals surface area contributed by atoms with Gasteiger partial charge in [0.2, 0.25) is 10.0 Å². The van der Waals surface area contributed by atoms with Crippen LogP contribution in [0.1, 0.15) is 16.7 Å². The number of carbonyl (C=O) groups is 1. The van der Waals surface area contributed by atoms with Crippen LogP contribution in [0, 0.1) is 20.8 Å². The first-order chi connectivity index (χ1) is 9.22. The second kappa shape index (κ2) is 6.34. The largest absolute Gasteiger partial charge is 0.468 e. The van der Waals surface area contributed by atoms with Crippen LogP contribution in [0.5, 0.6) is 0 Å². The molecule has 0 bridgehead atoms. The number of ether oxygens (including phenoxy) is 1. The predicted molar refractivity (Wildman–Crippen MR) is 75.8 cm³/mol. The number of sulfonamides is 1. The van der Waals surface area contributed by atoms with Crippen molar-refractivity contribution in [3.8, 4) is 0 Å². The zero-order chi connectivity index (χ0) is 15.5. The van der Waals surface area contributed by atoms with E-state index in [1.165, 1.54) is 7.11 Å². The highest BCUT2D eigenvalue weighted by atomic mass is 32.2. The van der Waals surface area contributed by atoms with Crippen molar-refractivity contribution in [3.63, 3.8) is 0 Å². The number of hydrogen-bond donors (Lipinski definition) is 2. The maximum Gasteiger partial charge on any atom is 0.325 e. The van der Waals surface area contributed by atoms with Crippen LogP contribution in [0.3, 0.4) is 0 Å². The van der Waals surface area contributed by atoms with E-state index in [0.717, 1.165) is 5.56 Å². The van der Waals surface area contributed by atoms with Gasteiger partial charge in [-0.3, -0.25) is 4.79 Å². The molecule has 0 radical (unpaired) electrons. The molecule has 1 aromatic rings. The van der Waals surface area contributed by atoms with Gasteiger partial charge in [0.25, 0.3) is 0 Å². The molecule has 0 aromatic heterocycles. The summed E-state index contributed by atoms with van der Waals surface area (Å²) in [6.07, 6.45) is 0. The Morgan fingerprint density at radius 1 is 1.30 bits per heavy atom. The van der Waals surface area contributed by atoms with Gasteiger partial charge in [0.05, 0.1) is 12.0 Å². The maximum absolute atomic E-state index is 12.4. The molecule has 0 saturated heterocycles. The molecule has 0 spiro atoms. The topological polar surface area (TPSA) is 98.5 Å². The number of benzene rings is 1. The number of methoxy groups -OCH3 is 1. The Morgan fingerprint density at radius 3 is 2.20 bits per heavy atom. The summed E-state index contributed by atoms with van der Waals surface area (Å²) in [4.78, 5) is 11.6. The van der Waals surface area contributed by atoms with Crippen molar-refractivity contribution in [2.45, 2.75) is 31.7 Å². The lowest BCUT2D eigenvalue weighted by Gasteiger charge is -2.17. The van der Waals surface area contributed by atoms with Gasteiger partial charge in [-0.25, -0.2) is 8.42 Å². The van der Waals surface area contributed by atoms with Gasteiger partial charge >= 0.3 is 5.97 Å². The Hall–Kier alpha value is -1.44. The SMILES string of the molecule is COC(=O)C(CN)NS(=O)(=O)c1c(C)cc(C)cc1C. The fourth-order valence-electron chi connectivity index (χ4n) is 2.17. The minimum atomic E-state index is -3.84. The van der Waals surface area contributed by atoms with Crippen LogP contribution in [0.25, 0.3) is 0 Å². The van der Waals surface area contributed by atoms with Crippen LogP contribution in [-0.4, -0.2) is 34.1 Å². The fourth-order valence-corrected chi connectivity index (χ4v) is 3.82. The van der Waals surface area contributed by atoms with Crippen LogP contribution in [0.15, 0.2) is 17.0 Å². The number of nitrogens with one attached hydrogen (secondary N) is 1. The fraction of sp³-hybridized carbons (Fsp3) is 0.462. The van der Waals surface area contributed by atoms with Gasteiger partial charge in [-0.15, -0.1) is 0 Å². The van der Waals surface area contributed by atoms with E-state index in [1.807, 2.05) is 6.92 Å². The Labute approximate surface area is 119 Å². The highest BCUT2D eigenvalue weighted by Crippen LogP contribution is 2.21. The summed E-state index contributed by atoms with van der Waals surface area (Å²) in [5, 5.41) is 0. The lowest BCUT2D eigenvalue weighted by Crippen LogP contribution is -2.46. The predicted octanol–water partition coefficient (Wildman–Crippen LogP) is 0.390. The molecule has 1 rings (SSSR count). The minimum absolute atomic E-state index is 0.171. The van der Waals surface area contributed by atoms with E-state index in [4.69, 9.17) is 5.73 Å². The monoisotopic (exact) mass is 300 g/mol. The second-order valence-electron chi connectivity index (χ2n) is 4.66. The summed E-state index contributed by atoms with van der Waals surface area (Å²) in [5.74, 6) is -0.710. The summed E-state index contributed by atoms with van der Waals surface area (Å²) in [6.45, 7) is 5.14. The quantitative estimate of drug-likeness (QED) is 0.767. The van der Waals surface area contributed by atoms with Crippen molar-refractivity contribution in [2.24, 2.45) is 5.73 Å². The van der Waals surface area contributed by atoms with E-state index in [-0.39, 0.29) is 11.4 Å². The van der Waals surface area contributed by atoms with Crippen LogP contribution >= 0.6 is 0 Å². The Balaban J connectivity index is 3.21. The van der Waals surface area contributed by atoms with Crippen molar-refractivity contribution < 1.29 is 17.9 Å². The van der Waals surface area contributed by atoms with Crippen molar-refractivity contribution in [2.75, 3.05) is 13.7 Å². The van der Waals surface area contributed by atoms with Crippen LogP contribution in [0.2, 0.25) is 0 Å². The summed E-state index contributed by atoms with van der Waals surface area (Å²) in [7, 11) is -2.65. The van der Waals surface area contributed by atoms with E-state index < -0.39 is 22.0 Å². The maximum atomic E-state index is 12.4. The normalized spacial score (nSPS) is 13.1. The first-order valence-corrected chi connectivity index (χ1v) is 7.59. The van der Waals surface area contributed by atoms with E-state index in [9.17, 15) is 13.2 Å². The minimum Gasteiger partial charge on any atom is -0.468 e. The summed E-state index contributed by atoms with van der Waals surface area (Å²) in [6, 6.07) is 2.46. The summed E-state index contributed by atoms with van der Waals surface area (Å²) < 4.78 is 31.6. The smallest absolute Gasteiger partial charge is 0.325 e. The zero-order valence-electron chi connectivity index (χ0n) is 12.1. The molecule has 20 heavy (non-hydrogen) atoms. The van der Waals surface area contributed by atoms with Gasteiger partial charge in [-0.1, -0.05) is 17.7 Å². The number of hydrogen-bond acceptors (Lipinski definition) is 5. The second-order valence-corrected chi connectivity index (χ2v) is 6.31. The summed E-state index contributed by atoms with van der Waals surface area (Å²) >= 11 is 0. The highest BCUT2D eigenvalue weighted by Gasteiger charge is 2.27. The van der Waals surface area contributed by atoms with Crippen LogP contribution < -0.4 is 10.5 Å². The third-order valence-corrected chi connectivity index (χ3v) is 4.67. The van der Waals surface area contributed by atoms with Gasteiger partial charge in [0.15, 0.2) is 0 Å². The van der Waals surface area contributed by atoms with Crippen molar-refractivity contribution in [1.82, 2.24) is 4.72 Å². The third-order valence-electron chi connectivity index (χ3n) is 2.89. The lowest BCUT2D eigenvalue weighted by molar-refractivity contribution is -0.142. The molecule has 0 saturated carbocycles. The number of aryl methyl sites for hydroxylation is 3. The Morgan fingerprint density at radius 2 is 1.80 bits per heavy atom. The van der Waals surface area contributed by atoms with Gasteiger partial charge in [0.1, 0.15) is 6.04 Å². The van der Waals surface area contributed by atoms with Gasteiger partial charge in [-0.05, 0) is 31.9 Å². The van der Waals surface area contributed by atoms with Crippen LogP contribution in [0.4, 0.5) is 0 Å². The number of esters is 1. The van der Waals surface area contributed by atoms with Crippen LogP contribution in [-0.2, 0) is 19.6 Å². The zero-order valence-corrected chi connectivity index (χ0v) is 12.9. The highest BCUT2D eigenvalue weighted by molar-refractivity contribution is 7.89. The molecule has 1 atom stereocenters. The molecule has 0 aliphatic carbocycles. The van der Waals surface area contributed by atoms with Crippen molar-refractivity contribution in [1.29, 1.82) is 0 Å². The van der Waals surface area contributed by atoms with Crippen molar-refractivity contribution >= 4 is 16.0 Å². The molecule has 1 unspecified atom stereocenters. The molecule has 0 amide bonds. The average Bonchev–Trinajstić information content (AvgIpc) is 2.33. The van der Waals surface area contributed by atoms with E-state index in [1.54, 1.807) is 26.0 Å². The number of rotatable bonds is 5. The molecule has 0 aliphatic rings. The molecule has 7 heteroatoms. The standard InChI is InChI=1S/C13H20N2O4S/c1-8-5-9(2)12(10(3)6-8)20(17,18)15-11(7-14)13(16)19-4/h5-6,11,15H,7,14H2,1-4H3. The molecule has 0 fully saturated rings. The lowest BCUT2D eigenvalue weighted by atomic mass is 10.1. The third kappa shape index (κ3) is 3.56. The number of carbonyl (C=O) groups excluding carboxylic acids is 1. The molecule has 3 N–H and O–H groups in total. The molecule has 0 aliphatic heterocycles. The van der Waals surface area contributed by atoms with Gasteiger partial charge in [-0.2, -0.15) is 4.72 Å². The molecule has 112 valence electrons. The van der Waals surface area contributed by atoms with Crippen molar-refractivity contribution in [3.05, 3.63) is 28.8 Å². The Kier molecular flexibility index (Phi) is 5.27. The van der Waals surface area contributed by atoms with Gasteiger partial charge in [0, 0.05) is 6.54 Å². The Bertz CT molecular complexity index is 588.